The number of nitrogens with one attached hydrogen (secondary N) is 2. The van der Waals surface area contributed by atoms with Gasteiger partial charge in [-0.15, -0.1) is 0 Å². The van der Waals surface area contributed by atoms with Crippen molar-refractivity contribution in [2.24, 2.45) is 0 Å². The minimum absolute atomic E-state index is 0.207. The smallest absolute Gasteiger partial charge is 0.276 e. The average molecular weight is 386 g/mol. The van der Waals surface area contributed by atoms with Crippen LogP contribution in [0.3, 0.4) is 0 Å². The van der Waals surface area contributed by atoms with Crippen molar-refractivity contribution in [1.29, 1.82) is 0 Å². The summed E-state index contributed by atoms with van der Waals surface area (Å²) < 4.78 is 16.1. The molecular formula is C21H26N2O5. The van der Waals surface area contributed by atoms with Crippen LogP contribution in [0.5, 0.6) is 11.5 Å². The second-order valence-electron chi connectivity index (χ2n) is 6.28. The van der Waals surface area contributed by atoms with Gasteiger partial charge in [0.25, 0.3) is 11.8 Å². The van der Waals surface area contributed by atoms with Crippen LogP contribution in [-0.2, 0) is 16.1 Å². The van der Waals surface area contributed by atoms with Crippen molar-refractivity contribution in [2.75, 3.05) is 20.3 Å². The SMILES string of the molecule is CCOCc1cc(C(=O)NNC(=O)COc2cc(C)cc(C)c2)ccc1OC. The molecule has 0 radical (unpaired) electrons. The number of carbonyl (C=O) groups excluding carboxylic acids is 2. The molecule has 2 aromatic rings. The molecule has 28 heavy (non-hydrogen) atoms. The van der Waals surface area contributed by atoms with Crippen LogP contribution < -0.4 is 20.3 Å². The van der Waals surface area contributed by atoms with Crippen molar-refractivity contribution < 1.29 is 23.8 Å². The Kier molecular flexibility index (Phi) is 7.83. The second-order valence-corrected chi connectivity index (χ2v) is 6.28. The molecule has 0 saturated heterocycles. The number of aryl methyl sites for hydroxylation is 2. The fourth-order valence-electron chi connectivity index (χ4n) is 2.64. The molecule has 0 fully saturated rings. The summed E-state index contributed by atoms with van der Waals surface area (Å²) in [5.41, 5.74) is 7.95. The Morgan fingerprint density at radius 2 is 1.71 bits per heavy atom. The van der Waals surface area contributed by atoms with Gasteiger partial charge in [0.2, 0.25) is 0 Å². The number of methoxy groups -OCH3 is 1. The Labute approximate surface area is 165 Å². The number of ether oxygens (including phenoxy) is 3. The third-order valence-corrected chi connectivity index (χ3v) is 3.88. The van der Waals surface area contributed by atoms with E-state index in [4.69, 9.17) is 14.2 Å². The Hall–Kier alpha value is -3.06. The molecule has 0 aromatic heterocycles. The average Bonchev–Trinajstić information content (AvgIpc) is 2.67. The van der Waals surface area contributed by atoms with E-state index >= 15 is 0 Å². The molecule has 150 valence electrons. The van der Waals surface area contributed by atoms with E-state index < -0.39 is 11.8 Å². The van der Waals surface area contributed by atoms with Crippen LogP contribution in [0.15, 0.2) is 36.4 Å². The first kappa shape index (κ1) is 21.2. The molecule has 0 atom stereocenters. The molecule has 0 unspecified atom stereocenters. The van der Waals surface area contributed by atoms with Gasteiger partial charge < -0.3 is 14.2 Å². The van der Waals surface area contributed by atoms with Gasteiger partial charge in [0.1, 0.15) is 11.5 Å². The van der Waals surface area contributed by atoms with E-state index in [-0.39, 0.29) is 6.61 Å². The molecule has 2 amide bonds. The third kappa shape index (κ3) is 6.28. The lowest BCUT2D eigenvalue weighted by Crippen LogP contribution is -2.43. The molecule has 2 N–H and O–H groups in total. The predicted molar refractivity (Wildman–Crippen MR) is 105 cm³/mol. The van der Waals surface area contributed by atoms with Crippen LogP contribution in [0, 0.1) is 13.8 Å². The number of carbonyl (C=O) groups is 2. The summed E-state index contributed by atoms with van der Waals surface area (Å²) in [5, 5.41) is 0. The molecule has 2 aromatic carbocycles. The Morgan fingerprint density at radius 1 is 1.00 bits per heavy atom. The Balaban J connectivity index is 1.89. The molecule has 0 spiro atoms. The lowest BCUT2D eigenvalue weighted by Gasteiger charge is -2.12. The molecule has 7 heteroatoms. The maximum Gasteiger partial charge on any atom is 0.276 e. The summed E-state index contributed by atoms with van der Waals surface area (Å²) in [7, 11) is 1.56. The van der Waals surface area contributed by atoms with Crippen molar-refractivity contribution >= 4 is 11.8 Å². The van der Waals surface area contributed by atoms with Gasteiger partial charge in [-0.25, -0.2) is 0 Å². The quantitative estimate of drug-likeness (QED) is 0.682. The lowest BCUT2D eigenvalue weighted by atomic mass is 10.1. The first-order valence-electron chi connectivity index (χ1n) is 8.98. The van der Waals surface area contributed by atoms with Crippen molar-refractivity contribution in [3.8, 4) is 11.5 Å². The maximum atomic E-state index is 12.3. The van der Waals surface area contributed by atoms with E-state index in [1.165, 1.54) is 0 Å². The van der Waals surface area contributed by atoms with Gasteiger partial charge in [-0.1, -0.05) is 6.07 Å². The van der Waals surface area contributed by atoms with Crippen molar-refractivity contribution in [2.45, 2.75) is 27.4 Å². The molecule has 0 aliphatic rings. The largest absolute Gasteiger partial charge is 0.496 e. The predicted octanol–water partition coefficient (Wildman–Crippen LogP) is 2.69. The first-order chi connectivity index (χ1) is 13.4. The van der Waals surface area contributed by atoms with E-state index in [1.54, 1.807) is 25.3 Å². The summed E-state index contributed by atoms with van der Waals surface area (Å²) >= 11 is 0. The van der Waals surface area contributed by atoms with Gasteiger partial charge in [-0.3, -0.25) is 20.4 Å². The fraction of sp³-hybridized carbons (Fsp3) is 0.333. The normalized spacial score (nSPS) is 10.3. The van der Waals surface area contributed by atoms with Gasteiger partial charge in [-0.2, -0.15) is 0 Å². The van der Waals surface area contributed by atoms with Crippen LogP contribution in [-0.4, -0.2) is 32.1 Å². The highest BCUT2D eigenvalue weighted by Crippen LogP contribution is 2.21. The topological polar surface area (TPSA) is 85.9 Å². The third-order valence-electron chi connectivity index (χ3n) is 3.88. The fourth-order valence-corrected chi connectivity index (χ4v) is 2.64. The molecule has 0 bridgehead atoms. The maximum absolute atomic E-state index is 12.3. The van der Waals surface area contributed by atoms with Crippen molar-refractivity contribution in [3.05, 3.63) is 58.7 Å². The number of hydrogen-bond acceptors (Lipinski definition) is 5. The van der Waals surface area contributed by atoms with Crippen LogP contribution >= 0.6 is 0 Å². The minimum atomic E-state index is -0.462. The summed E-state index contributed by atoms with van der Waals surface area (Å²) in [5.74, 6) is 0.335. The standard InChI is InChI=1S/C21H26N2O5/c1-5-27-12-17-11-16(6-7-19(17)26-4)21(25)23-22-20(24)13-28-18-9-14(2)8-15(3)10-18/h6-11H,5,12-13H2,1-4H3,(H,22,24)(H,23,25). The number of hydrazine groups is 1. The van der Waals surface area contributed by atoms with Gasteiger partial charge in [0.05, 0.1) is 13.7 Å². The molecule has 0 saturated carbocycles. The van der Waals surface area contributed by atoms with E-state index in [9.17, 15) is 9.59 Å². The van der Waals surface area contributed by atoms with E-state index in [1.807, 2.05) is 39.0 Å². The number of rotatable bonds is 8. The zero-order chi connectivity index (χ0) is 20.5. The minimum Gasteiger partial charge on any atom is -0.496 e. The molecule has 0 heterocycles. The van der Waals surface area contributed by atoms with Crippen molar-refractivity contribution in [3.63, 3.8) is 0 Å². The van der Waals surface area contributed by atoms with Gasteiger partial charge >= 0.3 is 0 Å². The van der Waals surface area contributed by atoms with E-state index in [0.717, 1.165) is 16.7 Å². The summed E-state index contributed by atoms with van der Waals surface area (Å²) in [4.78, 5) is 24.2. The number of amides is 2. The Bertz CT molecular complexity index is 815. The summed E-state index contributed by atoms with van der Waals surface area (Å²) in [6.45, 7) is 6.47. The van der Waals surface area contributed by atoms with Crippen LogP contribution in [0.4, 0.5) is 0 Å². The number of benzene rings is 2. The zero-order valence-corrected chi connectivity index (χ0v) is 16.6. The Morgan fingerprint density at radius 3 is 2.36 bits per heavy atom. The summed E-state index contributed by atoms with van der Waals surface area (Å²) in [6, 6.07) is 10.7. The molecule has 2 rings (SSSR count). The van der Waals surface area contributed by atoms with Crippen LogP contribution in [0.2, 0.25) is 0 Å². The second kappa shape index (κ2) is 10.3. The van der Waals surface area contributed by atoms with Gasteiger partial charge in [-0.05, 0) is 62.2 Å². The molecule has 0 aliphatic heterocycles. The molecular weight excluding hydrogens is 360 g/mol. The van der Waals surface area contributed by atoms with E-state index in [2.05, 4.69) is 10.9 Å². The van der Waals surface area contributed by atoms with E-state index in [0.29, 0.717) is 30.3 Å². The zero-order valence-electron chi connectivity index (χ0n) is 16.6. The monoisotopic (exact) mass is 386 g/mol. The highest BCUT2D eigenvalue weighted by molar-refractivity contribution is 5.95. The highest BCUT2D eigenvalue weighted by atomic mass is 16.5. The first-order valence-corrected chi connectivity index (χ1v) is 8.98. The number of hydrogen-bond donors (Lipinski definition) is 2. The van der Waals surface area contributed by atoms with Gasteiger partial charge in [0, 0.05) is 17.7 Å². The molecule has 0 aliphatic carbocycles. The lowest BCUT2D eigenvalue weighted by molar-refractivity contribution is -0.123. The van der Waals surface area contributed by atoms with Crippen molar-refractivity contribution in [1.82, 2.24) is 10.9 Å². The summed E-state index contributed by atoms with van der Waals surface area (Å²) in [6.07, 6.45) is 0. The van der Waals surface area contributed by atoms with Crippen LogP contribution in [0.25, 0.3) is 0 Å². The highest BCUT2D eigenvalue weighted by Gasteiger charge is 2.12. The van der Waals surface area contributed by atoms with Crippen LogP contribution in [0.1, 0.15) is 34.0 Å². The molecule has 7 nitrogen and oxygen atoms in total. The van der Waals surface area contributed by atoms with Gasteiger partial charge in [0.15, 0.2) is 6.61 Å².